The molecule has 0 radical (unpaired) electrons. The number of esters is 2. The van der Waals surface area contributed by atoms with Gasteiger partial charge in [0, 0.05) is 36.7 Å². The van der Waals surface area contributed by atoms with Crippen LogP contribution in [0.25, 0.3) is 0 Å². The number of rotatable bonds is 20. The number of alkyl halides is 2. The summed E-state index contributed by atoms with van der Waals surface area (Å²) in [6.07, 6.45) is 3.20. The van der Waals surface area contributed by atoms with Crippen LogP contribution in [-0.4, -0.2) is 74.4 Å². The summed E-state index contributed by atoms with van der Waals surface area (Å²) >= 11 is 6.68. The number of halogens is 2. The van der Waals surface area contributed by atoms with Crippen LogP contribution in [0.5, 0.6) is 0 Å². The molecule has 0 saturated carbocycles. The molecule has 0 bridgehead atoms. The topological polar surface area (TPSA) is 80.3 Å². The number of carbonyl (C=O) groups excluding carboxylic acids is 2. The lowest BCUT2D eigenvalue weighted by atomic mass is 10.3. The van der Waals surface area contributed by atoms with Crippen molar-refractivity contribution in [2.24, 2.45) is 0 Å². The maximum absolute atomic E-state index is 11.7. The van der Waals surface area contributed by atoms with Crippen molar-refractivity contribution in [3.05, 3.63) is 0 Å². The summed E-state index contributed by atoms with van der Waals surface area (Å²) in [5.74, 6) is -0.622. The van der Waals surface area contributed by atoms with E-state index in [0.29, 0.717) is 39.3 Å². The van der Waals surface area contributed by atoms with Crippen molar-refractivity contribution < 1.29 is 33.3 Å². The lowest BCUT2D eigenvalue weighted by Gasteiger charge is -2.14. The maximum atomic E-state index is 11.7. The molecule has 0 amide bonds. The molecule has 0 saturated heterocycles. The fourth-order valence-corrected chi connectivity index (χ4v) is 2.57. The van der Waals surface area contributed by atoms with Crippen LogP contribution in [-0.2, 0) is 33.3 Å². The van der Waals surface area contributed by atoms with Gasteiger partial charge >= 0.3 is 11.9 Å². The first kappa shape index (κ1) is 28.8. The Morgan fingerprint density at radius 2 is 1.03 bits per heavy atom. The SMILES string of the molecule is C[C@H](CCOCCCBr)OC(=O)CCOCCC(=O)O[C@@H](C)CCOCCCBr. The molecule has 7 nitrogen and oxygen atoms in total. The van der Waals surface area contributed by atoms with E-state index in [-0.39, 0.29) is 50.2 Å². The van der Waals surface area contributed by atoms with Gasteiger partial charge in [0.05, 0.1) is 39.3 Å². The van der Waals surface area contributed by atoms with Crippen LogP contribution in [0.2, 0.25) is 0 Å². The minimum atomic E-state index is -0.311. The highest BCUT2D eigenvalue weighted by Gasteiger charge is 2.11. The lowest BCUT2D eigenvalue weighted by molar-refractivity contribution is -0.151. The second-order valence-corrected chi connectivity index (χ2v) is 8.19. The van der Waals surface area contributed by atoms with Gasteiger partial charge < -0.3 is 23.7 Å². The number of hydrogen-bond acceptors (Lipinski definition) is 7. The van der Waals surface area contributed by atoms with Gasteiger partial charge in [0.2, 0.25) is 0 Å². The van der Waals surface area contributed by atoms with Gasteiger partial charge in [-0.25, -0.2) is 0 Å². The first-order valence-corrected chi connectivity index (χ1v) is 12.5. The minimum Gasteiger partial charge on any atom is -0.463 e. The molecule has 0 N–H and O–H groups in total. The summed E-state index contributed by atoms with van der Waals surface area (Å²) in [6, 6.07) is 0. The lowest BCUT2D eigenvalue weighted by Crippen LogP contribution is -2.20. The highest BCUT2D eigenvalue weighted by molar-refractivity contribution is 9.09. The first-order chi connectivity index (χ1) is 14.0. The second-order valence-electron chi connectivity index (χ2n) is 6.60. The number of carbonyl (C=O) groups is 2. The molecule has 0 spiro atoms. The molecular weight excluding hydrogens is 512 g/mol. The highest BCUT2D eigenvalue weighted by Crippen LogP contribution is 2.03. The Bertz CT molecular complexity index is 374. The van der Waals surface area contributed by atoms with Crippen molar-refractivity contribution in [2.45, 2.75) is 64.6 Å². The summed E-state index contributed by atoms with van der Waals surface area (Å²) < 4.78 is 26.8. The third-order valence-corrected chi connectivity index (χ3v) is 4.87. The molecule has 0 aliphatic rings. The van der Waals surface area contributed by atoms with Crippen molar-refractivity contribution >= 4 is 43.8 Å². The van der Waals surface area contributed by atoms with Crippen LogP contribution in [0.4, 0.5) is 0 Å². The summed E-state index contributed by atoms with van der Waals surface area (Å²) in [4.78, 5) is 23.5. The van der Waals surface area contributed by atoms with Crippen molar-refractivity contribution in [2.75, 3.05) is 50.3 Å². The summed E-state index contributed by atoms with van der Waals surface area (Å²) in [5, 5.41) is 1.84. The van der Waals surface area contributed by atoms with Crippen molar-refractivity contribution in [3.8, 4) is 0 Å². The van der Waals surface area contributed by atoms with E-state index in [2.05, 4.69) is 31.9 Å². The zero-order chi connectivity index (χ0) is 21.7. The van der Waals surface area contributed by atoms with Crippen molar-refractivity contribution in [1.29, 1.82) is 0 Å². The van der Waals surface area contributed by atoms with Gasteiger partial charge in [-0.05, 0) is 26.7 Å². The molecule has 0 aliphatic carbocycles. The van der Waals surface area contributed by atoms with Gasteiger partial charge in [-0.1, -0.05) is 31.9 Å². The summed E-state index contributed by atoms with van der Waals surface area (Å²) in [5.41, 5.74) is 0. The molecule has 0 aromatic carbocycles. The molecule has 29 heavy (non-hydrogen) atoms. The molecule has 2 atom stereocenters. The minimum absolute atomic E-state index is 0.159. The van der Waals surface area contributed by atoms with E-state index in [0.717, 1.165) is 23.5 Å². The predicted molar refractivity (Wildman–Crippen MR) is 119 cm³/mol. The van der Waals surface area contributed by atoms with Crippen LogP contribution in [0.3, 0.4) is 0 Å². The van der Waals surface area contributed by atoms with Gasteiger partial charge in [-0.2, -0.15) is 0 Å². The highest BCUT2D eigenvalue weighted by atomic mass is 79.9. The average molecular weight is 548 g/mol. The van der Waals surface area contributed by atoms with Gasteiger partial charge in [-0.15, -0.1) is 0 Å². The number of hydrogen-bond donors (Lipinski definition) is 0. The summed E-state index contributed by atoms with van der Waals surface area (Å²) in [6.45, 7) is 6.67. The summed E-state index contributed by atoms with van der Waals surface area (Å²) in [7, 11) is 0. The quantitative estimate of drug-likeness (QED) is 0.129. The van der Waals surface area contributed by atoms with Crippen LogP contribution in [0, 0.1) is 0 Å². The molecule has 9 heteroatoms. The van der Waals surface area contributed by atoms with Crippen LogP contribution in [0.15, 0.2) is 0 Å². The van der Waals surface area contributed by atoms with Crippen LogP contribution in [0.1, 0.15) is 52.4 Å². The largest absolute Gasteiger partial charge is 0.463 e. The van der Waals surface area contributed by atoms with E-state index in [1.165, 1.54) is 0 Å². The van der Waals surface area contributed by atoms with E-state index in [4.69, 9.17) is 23.7 Å². The molecule has 0 heterocycles. The Morgan fingerprint density at radius 3 is 1.41 bits per heavy atom. The molecule has 172 valence electrons. The predicted octanol–water partition coefficient (Wildman–Crippen LogP) is 4.03. The average Bonchev–Trinajstić information content (AvgIpc) is 2.67. The molecule has 0 rings (SSSR count). The Morgan fingerprint density at radius 1 is 0.655 bits per heavy atom. The monoisotopic (exact) mass is 546 g/mol. The first-order valence-electron chi connectivity index (χ1n) is 10.2. The Labute approximate surface area is 191 Å². The molecule has 0 aromatic heterocycles. The normalized spacial score (nSPS) is 13.1. The standard InChI is InChI=1S/C20H36Br2O7/c1-17(5-13-25-11-3-9-21)28-19(23)7-15-27-16-8-20(24)29-18(2)6-14-26-12-4-10-22/h17-18H,3-16H2,1-2H3/t17-,18+. The maximum Gasteiger partial charge on any atom is 0.308 e. The van der Waals surface area contributed by atoms with E-state index in [9.17, 15) is 9.59 Å². The third kappa shape index (κ3) is 20.8. The second kappa shape index (κ2) is 21.0. The van der Waals surface area contributed by atoms with Gasteiger partial charge in [0.15, 0.2) is 0 Å². The van der Waals surface area contributed by atoms with Crippen molar-refractivity contribution in [3.63, 3.8) is 0 Å². The van der Waals surface area contributed by atoms with E-state index < -0.39 is 0 Å². The number of ether oxygens (including phenoxy) is 5. The molecule has 0 aromatic rings. The smallest absolute Gasteiger partial charge is 0.308 e. The van der Waals surface area contributed by atoms with E-state index in [1.54, 1.807) is 0 Å². The van der Waals surface area contributed by atoms with Gasteiger partial charge in [-0.3, -0.25) is 9.59 Å². The fraction of sp³-hybridized carbons (Fsp3) is 0.900. The van der Waals surface area contributed by atoms with E-state index in [1.807, 2.05) is 13.8 Å². The molecule has 0 aliphatic heterocycles. The van der Waals surface area contributed by atoms with Crippen LogP contribution >= 0.6 is 31.9 Å². The molecular formula is C20H36Br2O7. The van der Waals surface area contributed by atoms with Crippen molar-refractivity contribution in [1.82, 2.24) is 0 Å². The Hall–Kier alpha value is -0.220. The molecule has 0 unspecified atom stereocenters. The zero-order valence-corrected chi connectivity index (χ0v) is 20.8. The Balaban J connectivity index is 3.57. The Kier molecular flexibility index (Phi) is 20.9. The zero-order valence-electron chi connectivity index (χ0n) is 17.7. The van der Waals surface area contributed by atoms with E-state index >= 15 is 0 Å². The van der Waals surface area contributed by atoms with Gasteiger partial charge in [0.1, 0.15) is 12.2 Å². The third-order valence-electron chi connectivity index (χ3n) is 3.75. The molecule has 0 fully saturated rings. The fourth-order valence-electron chi connectivity index (χ4n) is 2.11. The van der Waals surface area contributed by atoms with Crippen LogP contribution < -0.4 is 0 Å². The van der Waals surface area contributed by atoms with Gasteiger partial charge in [0.25, 0.3) is 0 Å².